The third kappa shape index (κ3) is 6.76. The van der Waals surface area contributed by atoms with Gasteiger partial charge in [-0.05, 0) is 65.7 Å². The molecule has 4 aromatic rings. The van der Waals surface area contributed by atoms with E-state index in [1.165, 1.54) is 12.1 Å². The van der Waals surface area contributed by atoms with Crippen LogP contribution in [0.5, 0.6) is 5.75 Å². The lowest BCUT2D eigenvalue weighted by atomic mass is 9.98. The molecule has 5 nitrogen and oxygen atoms in total. The number of ether oxygens (including phenoxy) is 1. The molecule has 36 heavy (non-hydrogen) atoms. The van der Waals surface area contributed by atoms with Gasteiger partial charge in [0.15, 0.2) is 0 Å². The molecule has 1 amide bonds. The predicted molar refractivity (Wildman–Crippen MR) is 136 cm³/mol. The molecule has 0 atom stereocenters. The number of alkyl halides is 3. The van der Waals surface area contributed by atoms with Crippen LogP contribution in [-0.2, 0) is 12.6 Å². The summed E-state index contributed by atoms with van der Waals surface area (Å²) in [6.45, 7) is 0.419. The van der Waals surface area contributed by atoms with E-state index in [9.17, 15) is 18.0 Å². The zero-order valence-electron chi connectivity index (χ0n) is 19.0. The Labute approximate surface area is 212 Å². The topological polar surface area (TPSA) is 77.2 Å². The van der Waals surface area contributed by atoms with Crippen LogP contribution in [-0.4, -0.2) is 17.5 Å². The minimum atomic E-state index is -4.42. The highest BCUT2D eigenvalue weighted by molar-refractivity contribution is 6.08. The van der Waals surface area contributed by atoms with Gasteiger partial charge in [-0.25, -0.2) is 4.98 Å². The lowest BCUT2D eigenvalue weighted by molar-refractivity contribution is -0.137. The van der Waals surface area contributed by atoms with Gasteiger partial charge in [0.1, 0.15) is 11.6 Å². The van der Waals surface area contributed by atoms with Gasteiger partial charge in [-0.15, -0.1) is 12.4 Å². The first-order valence-electron chi connectivity index (χ1n) is 10.8. The van der Waals surface area contributed by atoms with Crippen molar-refractivity contribution < 1.29 is 22.7 Å². The second-order valence-corrected chi connectivity index (χ2v) is 7.75. The van der Waals surface area contributed by atoms with Crippen molar-refractivity contribution in [3.63, 3.8) is 0 Å². The average molecular weight is 514 g/mol. The maximum Gasteiger partial charge on any atom is 0.416 e. The van der Waals surface area contributed by atoms with Gasteiger partial charge in [-0.1, -0.05) is 36.4 Å². The van der Waals surface area contributed by atoms with E-state index in [0.717, 1.165) is 17.8 Å². The van der Waals surface area contributed by atoms with E-state index < -0.39 is 11.7 Å². The number of anilines is 2. The molecular weight excluding hydrogens is 491 g/mol. The summed E-state index contributed by atoms with van der Waals surface area (Å²) in [5.74, 6) is 0.724. The first kappa shape index (κ1) is 26.6. The number of nitrogens with zero attached hydrogens (tertiary/aromatic N) is 1. The van der Waals surface area contributed by atoms with Gasteiger partial charge in [0.25, 0.3) is 5.91 Å². The zero-order valence-corrected chi connectivity index (χ0v) is 19.8. The van der Waals surface area contributed by atoms with Gasteiger partial charge >= 0.3 is 6.18 Å². The number of hydrogen-bond acceptors (Lipinski definition) is 4. The molecule has 4 rings (SSSR count). The summed E-state index contributed by atoms with van der Waals surface area (Å²) >= 11 is 0. The minimum Gasteiger partial charge on any atom is -0.493 e. The monoisotopic (exact) mass is 513 g/mol. The van der Waals surface area contributed by atoms with Crippen LogP contribution in [0.1, 0.15) is 21.6 Å². The number of halogens is 4. The van der Waals surface area contributed by atoms with Crippen molar-refractivity contribution in [3.8, 4) is 16.9 Å². The highest BCUT2D eigenvalue weighted by Crippen LogP contribution is 2.32. The Balaban J connectivity index is 0.00000361. The lowest BCUT2D eigenvalue weighted by Gasteiger charge is -2.12. The van der Waals surface area contributed by atoms with Gasteiger partial charge in [0, 0.05) is 23.4 Å². The third-order valence-corrected chi connectivity index (χ3v) is 5.26. The summed E-state index contributed by atoms with van der Waals surface area (Å²) in [5, 5.41) is 2.82. The molecule has 3 aromatic carbocycles. The summed E-state index contributed by atoms with van der Waals surface area (Å²) in [4.78, 5) is 17.2. The first-order valence-corrected chi connectivity index (χ1v) is 10.8. The second kappa shape index (κ2) is 11.6. The summed E-state index contributed by atoms with van der Waals surface area (Å²) < 4.78 is 44.4. The van der Waals surface area contributed by atoms with Gasteiger partial charge in [-0.2, -0.15) is 13.2 Å². The number of aromatic nitrogens is 1. The molecule has 0 radical (unpaired) electrons. The number of pyridine rings is 1. The second-order valence-electron chi connectivity index (χ2n) is 7.75. The van der Waals surface area contributed by atoms with Crippen molar-refractivity contribution in [1.82, 2.24) is 4.98 Å². The van der Waals surface area contributed by atoms with Crippen molar-refractivity contribution in [2.75, 3.05) is 17.7 Å². The molecule has 0 aliphatic carbocycles. The van der Waals surface area contributed by atoms with E-state index in [1.54, 1.807) is 54.6 Å². The van der Waals surface area contributed by atoms with Crippen LogP contribution in [0.2, 0.25) is 0 Å². The fourth-order valence-corrected chi connectivity index (χ4v) is 3.52. The van der Waals surface area contributed by atoms with Gasteiger partial charge < -0.3 is 15.8 Å². The van der Waals surface area contributed by atoms with Crippen LogP contribution in [0.3, 0.4) is 0 Å². The van der Waals surface area contributed by atoms with Crippen molar-refractivity contribution in [2.24, 2.45) is 0 Å². The molecule has 3 N–H and O–H groups in total. The molecule has 0 unspecified atom stereocenters. The Morgan fingerprint density at radius 2 is 1.58 bits per heavy atom. The summed E-state index contributed by atoms with van der Waals surface area (Å²) in [5.41, 5.74) is 7.73. The van der Waals surface area contributed by atoms with Crippen molar-refractivity contribution in [1.29, 1.82) is 0 Å². The third-order valence-electron chi connectivity index (χ3n) is 5.26. The van der Waals surface area contributed by atoms with Gasteiger partial charge in [-0.3, -0.25) is 4.79 Å². The Bertz CT molecular complexity index is 1310. The molecule has 0 fully saturated rings. The number of amides is 1. The number of nitrogens with two attached hydrogens (primary N) is 1. The Hall–Kier alpha value is -4.04. The van der Waals surface area contributed by atoms with Crippen molar-refractivity contribution in [2.45, 2.75) is 12.6 Å². The fraction of sp³-hybridized carbons (Fsp3) is 0.111. The van der Waals surface area contributed by atoms with Crippen molar-refractivity contribution in [3.05, 3.63) is 108 Å². The average Bonchev–Trinajstić information content (AvgIpc) is 2.85. The standard InChI is InChI=1S/C27H22F3N3O2.ClH/c28-27(29,30)19-10-8-18(9-11-19)23-5-1-2-6-24(23)26(34)33-21-12-14-22(15-13-21)35-17-16-20-4-3-7-25(31)32-20;/h1-15H,16-17H2,(H2,31,32)(H,33,34);1H. The molecule has 0 spiro atoms. The number of nitrogens with one attached hydrogen (secondary N) is 1. The molecule has 0 saturated carbocycles. The molecule has 0 aliphatic rings. The van der Waals surface area contributed by atoms with Crippen LogP contribution in [0.4, 0.5) is 24.7 Å². The first-order chi connectivity index (χ1) is 16.8. The van der Waals surface area contributed by atoms with E-state index in [-0.39, 0.29) is 18.3 Å². The van der Waals surface area contributed by atoms with Crippen LogP contribution in [0.15, 0.2) is 91.0 Å². The number of carbonyl (C=O) groups excluding carboxylic acids is 1. The van der Waals surface area contributed by atoms with E-state index >= 15 is 0 Å². The van der Waals surface area contributed by atoms with Crippen LogP contribution < -0.4 is 15.8 Å². The molecule has 1 heterocycles. The maximum atomic E-state index is 12.9. The highest BCUT2D eigenvalue weighted by Gasteiger charge is 2.30. The molecule has 186 valence electrons. The molecule has 9 heteroatoms. The van der Waals surface area contributed by atoms with Gasteiger partial charge in [0.05, 0.1) is 12.2 Å². The molecule has 1 aromatic heterocycles. The Kier molecular flexibility index (Phi) is 8.55. The highest BCUT2D eigenvalue weighted by atomic mass is 35.5. The van der Waals surface area contributed by atoms with E-state index in [0.29, 0.717) is 47.0 Å². The number of nitrogen functional groups attached to an aromatic ring is 1. The number of benzene rings is 3. The Morgan fingerprint density at radius 3 is 2.25 bits per heavy atom. The lowest BCUT2D eigenvalue weighted by Crippen LogP contribution is -2.13. The zero-order chi connectivity index (χ0) is 24.8. The van der Waals surface area contributed by atoms with Crippen LogP contribution in [0, 0.1) is 0 Å². The normalized spacial score (nSPS) is 10.9. The van der Waals surface area contributed by atoms with E-state index in [4.69, 9.17) is 10.5 Å². The number of rotatable bonds is 7. The Morgan fingerprint density at radius 1 is 0.889 bits per heavy atom. The van der Waals surface area contributed by atoms with Crippen LogP contribution >= 0.6 is 12.4 Å². The molecular formula is C27H23ClF3N3O2. The minimum absolute atomic E-state index is 0. The summed E-state index contributed by atoms with van der Waals surface area (Å²) in [6, 6.07) is 23.8. The smallest absolute Gasteiger partial charge is 0.416 e. The number of hydrogen-bond donors (Lipinski definition) is 2. The fourth-order valence-electron chi connectivity index (χ4n) is 3.52. The quantitative estimate of drug-likeness (QED) is 0.290. The maximum absolute atomic E-state index is 12.9. The summed E-state index contributed by atoms with van der Waals surface area (Å²) in [6.07, 6.45) is -3.82. The number of carbonyl (C=O) groups is 1. The molecule has 0 bridgehead atoms. The SMILES string of the molecule is Cl.Nc1cccc(CCOc2ccc(NC(=O)c3ccccc3-c3ccc(C(F)(F)F)cc3)cc2)n1. The molecule has 0 aliphatic heterocycles. The van der Waals surface area contributed by atoms with E-state index in [2.05, 4.69) is 10.3 Å². The van der Waals surface area contributed by atoms with E-state index in [1.807, 2.05) is 12.1 Å². The van der Waals surface area contributed by atoms with Crippen LogP contribution in [0.25, 0.3) is 11.1 Å². The van der Waals surface area contributed by atoms with Crippen molar-refractivity contribution >= 4 is 29.8 Å². The summed E-state index contributed by atoms with van der Waals surface area (Å²) in [7, 11) is 0. The van der Waals surface area contributed by atoms with Gasteiger partial charge in [0.2, 0.25) is 0 Å². The largest absolute Gasteiger partial charge is 0.493 e. The molecule has 0 saturated heterocycles. The predicted octanol–water partition coefficient (Wildman–Crippen LogP) is 6.65.